The number of ketones is 1. The molecule has 2 atom stereocenters. The number of hydrogen-bond donors (Lipinski definition) is 4. The number of carbonyl (C=O) groups is 2. The molecule has 1 aromatic carbocycles. The highest BCUT2D eigenvalue weighted by molar-refractivity contribution is 6.02. The number of nitrogens with one attached hydrogen (secondary N) is 3. The molecule has 1 unspecified atom stereocenters. The predicted octanol–water partition coefficient (Wildman–Crippen LogP) is 0.612. The first-order valence-electron chi connectivity index (χ1n) is 8.44. The van der Waals surface area contributed by atoms with Crippen molar-refractivity contribution in [1.29, 1.82) is 0 Å². The standard InChI is InChI=1S/C17H16N6O5/c24-7-11-10(25)6-12(28-11)23-15-13(21-17(23)27)14(18-8-19-15)22-16(26)20-9-4-2-1-3-5-9/h1-5,8,11-12,24H,6-7H2,(H,21,27)(H2,18,19,20,22,26)/t11?,12-/m1/s1. The highest BCUT2D eigenvalue weighted by Gasteiger charge is 2.36. The number of aliphatic hydroxyl groups excluding tert-OH is 1. The van der Waals surface area contributed by atoms with Gasteiger partial charge in [-0.1, -0.05) is 18.2 Å². The van der Waals surface area contributed by atoms with Crippen LogP contribution in [-0.4, -0.2) is 49.2 Å². The molecule has 0 bridgehead atoms. The Morgan fingerprint density at radius 1 is 1.25 bits per heavy atom. The lowest BCUT2D eigenvalue weighted by atomic mass is 10.2. The number of Topliss-reactive ketones (excluding diaryl/α,β-unsaturated/α-hetero) is 1. The Kier molecular flexibility index (Phi) is 4.59. The van der Waals surface area contributed by atoms with Gasteiger partial charge in [-0.15, -0.1) is 0 Å². The summed E-state index contributed by atoms with van der Waals surface area (Å²) in [5.74, 6) is -0.208. The molecule has 1 saturated heterocycles. The number of imidazole rings is 1. The van der Waals surface area contributed by atoms with Gasteiger partial charge >= 0.3 is 11.7 Å². The summed E-state index contributed by atoms with van der Waals surface area (Å²) in [4.78, 5) is 47.1. The molecule has 4 N–H and O–H groups in total. The third kappa shape index (κ3) is 3.23. The Hall–Kier alpha value is -3.57. The number of H-pyrrole nitrogens is 1. The molecule has 2 aromatic heterocycles. The number of aromatic amines is 1. The first-order chi connectivity index (χ1) is 13.6. The van der Waals surface area contributed by atoms with Gasteiger partial charge in [0.05, 0.1) is 13.0 Å². The van der Waals surface area contributed by atoms with Crippen molar-refractivity contribution in [2.24, 2.45) is 0 Å². The second-order valence-electron chi connectivity index (χ2n) is 6.10. The third-order valence-electron chi connectivity index (χ3n) is 4.28. The number of amides is 2. The molecule has 144 valence electrons. The number of rotatable bonds is 4. The van der Waals surface area contributed by atoms with Crippen LogP contribution >= 0.6 is 0 Å². The lowest BCUT2D eigenvalue weighted by Crippen LogP contribution is -2.24. The summed E-state index contributed by atoms with van der Waals surface area (Å²) in [5, 5.41) is 14.4. The van der Waals surface area contributed by atoms with Crippen LogP contribution in [0, 0.1) is 0 Å². The van der Waals surface area contributed by atoms with Crippen molar-refractivity contribution in [2.45, 2.75) is 18.8 Å². The largest absolute Gasteiger partial charge is 0.393 e. The van der Waals surface area contributed by atoms with E-state index in [0.29, 0.717) is 5.69 Å². The van der Waals surface area contributed by atoms with Crippen LogP contribution in [0.25, 0.3) is 11.2 Å². The van der Waals surface area contributed by atoms with E-state index in [4.69, 9.17) is 4.74 Å². The molecule has 1 fully saturated rings. The minimum Gasteiger partial charge on any atom is -0.393 e. The smallest absolute Gasteiger partial charge is 0.329 e. The summed E-state index contributed by atoms with van der Waals surface area (Å²) in [6.45, 7) is -0.464. The maximum Gasteiger partial charge on any atom is 0.329 e. The van der Waals surface area contributed by atoms with Gasteiger partial charge in [-0.25, -0.2) is 24.1 Å². The van der Waals surface area contributed by atoms with Crippen LogP contribution in [0.4, 0.5) is 16.3 Å². The van der Waals surface area contributed by atoms with E-state index in [-0.39, 0.29) is 29.2 Å². The molecule has 3 aromatic rings. The van der Waals surface area contributed by atoms with Gasteiger partial charge in [-0.2, -0.15) is 0 Å². The summed E-state index contributed by atoms with van der Waals surface area (Å²) >= 11 is 0. The minimum atomic E-state index is -0.974. The number of nitrogens with zero attached hydrogens (tertiary/aromatic N) is 3. The number of aromatic nitrogens is 4. The van der Waals surface area contributed by atoms with Crippen LogP contribution in [0.15, 0.2) is 41.5 Å². The molecule has 1 aliphatic rings. The second-order valence-corrected chi connectivity index (χ2v) is 6.10. The average molecular weight is 384 g/mol. The summed E-state index contributed by atoms with van der Waals surface area (Å²) in [6, 6.07) is 8.27. The molecule has 3 heterocycles. The maximum absolute atomic E-state index is 12.4. The Bertz CT molecular complexity index is 1090. The summed E-state index contributed by atoms with van der Waals surface area (Å²) in [5.41, 5.74) is 0.383. The molecule has 0 radical (unpaired) electrons. The highest BCUT2D eigenvalue weighted by Crippen LogP contribution is 2.27. The third-order valence-corrected chi connectivity index (χ3v) is 4.28. The average Bonchev–Trinajstić information content (AvgIpc) is 3.21. The van der Waals surface area contributed by atoms with Crippen molar-refractivity contribution < 1.29 is 19.4 Å². The first kappa shape index (κ1) is 17.8. The van der Waals surface area contributed by atoms with E-state index in [1.165, 1.54) is 10.9 Å². The normalized spacial score (nSPS) is 19.1. The zero-order valence-corrected chi connectivity index (χ0v) is 14.5. The zero-order chi connectivity index (χ0) is 19.7. The molecule has 2 amide bonds. The summed E-state index contributed by atoms with van der Waals surface area (Å²) in [6.07, 6.45) is -0.756. The molecule has 4 rings (SSSR count). The van der Waals surface area contributed by atoms with Crippen molar-refractivity contribution in [3.05, 3.63) is 47.1 Å². The van der Waals surface area contributed by atoms with Crippen LogP contribution in [0.2, 0.25) is 0 Å². The van der Waals surface area contributed by atoms with Gasteiger partial charge in [-0.3, -0.25) is 10.1 Å². The van der Waals surface area contributed by atoms with Gasteiger partial charge in [0.25, 0.3) is 0 Å². The number of anilines is 2. The molecular weight excluding hydrogens is 368 g/mol. The number of para-hydroxylation sites is 1. The number of aliphatic hydroxyl groups is 1. The van der Waals surface area contributed by atoms with Gasteiger partial charge in [-0.05, 0) is 12.1 Å². The lowest BCUT2D eigenvalue weighted by molar-refractivity contribution is -0.124. The van der Waals surface area contributed by atoms with Crippen molar-refractivity contribution in [3.63, 3.8) is 0 Å². The fraction of sp³-hybridized carbons (Fsp3) is 0.235. The molecular formula is C17H16N6O5. The van der Waals surface area contributed by atoms with Crippen molar-refractivity contribution in [1.82, 2.24) is 19.5 Å². The van der Waals surface area contributed by atoms with Gasteiger partial charge in [0.15, 0.2) is 17.2 Å². The van der Waals surface area contributed by atoms with Gasteiger partial charge < -0.3 is 20.1 Å². The Morgan fingerprint density at radius 3 is 2.75 bits per heavy atom. The van der Waals surface area contributed by atoms with Crippen LogP contribution in [-0.2, 0) is 9.53 Å². The SMILES string of the molecule is O=C(Nc1ccccc1)Nc1ncnc2c1[nH]c(=O)n2[C@H]1CC(=O)C(CO)O1. The van der Waals surface area contributed by atoms with Crippen LogP contribution in [0.1, 0.15) is 12.6 Å². The van der Waals surface area contributed by atoms with Crippen molar-refractivity contribution >= 4 is 34.5 Å². The highest BCUT2D eigenvalue weighted by atomic mass is 16.5. The number of carbonyl (C=O) groups excluding carboxylic acids is 2. The van der Waals surface area contributed by atoms with E-state index in [2.05, 4.69) is 25.6 Å². The fourth-order valence-electron chi connectivity index (χ4n) is 3.00. The number of ether oxygens (including phenoxy) is 1. The fourth-order valence-corrected chi connectivity index (χ4v) is 3.00. The van der Waals surface area contributed by atoms with Crippen LogP contribution in [0.3, 0.4) is 0 Å². The van der Waals surface area contributed by atoms with E-state index >= 15 is 0 Å². The Balaban J connectivity index is 1.62. The Morgan fingerprint density at radius 2 is 2.04 bits per heavy atom. The van der Waals surface area contributed by atoms with Gasteiger partial charge in [0.2, 0.25) is 0 Å². The van der Waals surface area contributed by atoms with E-state index in [0.717, 1.165) is 0 Å². The summed E-state index contributed by atoms with van der Waals surface area (Å²) in [7, 11) is 0. The van der Waals surface area contributed by atoms with Crippen LogP contribution in [0.5, 0.6) is 0 Å². The lowest BCUT2D eigenvalue weighted by Gasteiger charge is -2.12. The van der Waals surface area contributed by atoms with Crippen LogP contribution < -0.4 is 16.3 Å². The second kappa shape index (κ2) is 7.21. The Labute approximate surface area is 157 Å². The number of fused-ring (bicyclic) bond motifs is 1. The quantitative estimate of drug-likeness (QED) is 0.514. The zero-order valence-electron chi connectivity index (χ0n) is 14.5. The molecule has 11 heteroatoms. The molecule has 0 saturated carbocycles. The van der Waals surface area contributed by atoms with Gasteiger partial charge in [0, 0.05) is 5.69 Å². The predicted molar refractivity (Wildman–Crippen MR) is 97.9 cm³/mol. The number of urea groups is 1. The van der Waals surface area contributed by atoms with Gasteiger partial charge in [0.1, 0.15) is 24.2 Å². The van der Waals surface area contributed by atoms with E-state index in [1.54, 1.807) is 24.3 Å². The maximum atomic E-state index is 12.4. The monoisotopic (exact) mass is 384 g/mol. The molecule has 1 aliphatic heterocycles. The van der Waals surface area contributed by atoms with Crippen molar-refractivity contribution in [2.75, 3.05) is 17.2 Å². The minimum absolute atomic E-state index is 0.0701. The first-order valence-corrected chi connectivity index (χ1v) is 8.44. The topological polar surface area (TPSA) is 151 Å². The molecule has 11 nitrogen and oxygen atoms in total. The number of benzene rings is 1. The molecule has 0 spiro atoms. The molecule has 0 aliphatic carbocycles. The van der Waals surface area contributed by atoms with Crippen molar-refractivity contribution in [3.8, 4) is 0 Å². The molecule has 28 heavy (non-hydrogen) atoms. The number of hydrogen-bond acceptors (Lipinski definition) is 7. The summed E-state index contributed by atoms with van der Waals surface area (Å²) < 4.78 is 6.61. The van der Waals surface area contributed by atoms with E-state index < -0.39 is 30.7 Å². The van der Waals surface area contributed by atoms with E-state index in [1.807, 2.05) is 6.07 Å². The van der Waals surface area contributed by atoms with E-state index in [9.17, 15) is 19.5 Å².